The van der Waals surface area contributed by atoms with Crippen molar-refractivity contribution < 1.29 is 24.5 Å². The molecular weight excluding hydrogens is 322 g/mol. The van der Waals surface area contributed by atoms with E-state index in [-0.39, 0.29) is 13.2 Å². The zero-order valence-electron chi connectivity index (χ0n) is 13.8. The number of hydrogen-bond donors (Lipinski definition) is 3. The monoisotopic (exact) mass is 345 g/mol. The molecule has 1 aliphatic rings. The van der Waals surface area contributed by atoms with Gasteiger partial charge in [0, 0.05) is 25.9 Å². The van der Waals surface area contributed by atoms with Gasteiger partial charge >= 0.3 is 5.69 Å². The normalized spacial score (nSPS) is 27.1. The van der Waals surface area contributed by atoms with Gasteiger partial charge in [0.05, 0.1) is 19.8 Å². The van der Waals surface area contributed by atoms with E-state index in [1.54, 1.807) is 21.0 Å². The number of nitrogens with one attached hydrogen (secondary N) is 1. The number of aliphatic hydroxyl groups is 2. The lowest BCUT2D eigenvalue weighted by molar-refractivity contribution is -0.151. The van der Waals surface area contributed by atoms with Crippen LogP contribution in [-0.2, 0) is 14.3 Å². The quantitative estimate of drug-likeness (QED) is 0.382. The van der Waals surface area contributed by atoms with Crippen molar-refractivity contribution in [3.05, 3.63) is 32.6 Å². The maximum Gasteiger partial charge on any atom is 0.330 e. The van der Waals surface area contributed by atoms with Gasteiger partial charge in [-0.3, -0.25) is 19.2 Å². The van der Waals surface area contributed by atoms with Crippen LogP contribution in [0.2, 0.25) is 0 Å². The number of aromatic nitrogens is 2. The second-order valence-electron chi connectivity index (χ2n) is 5.70. The molecule has 4 atom stereocenters. The van der Waals surface area contributed by atoms with Crippen molar-refractivity contribution in [1.29, 1.82) is 0 Å². The zero-order valence-corrected chi connectivity index (χ0v) is 13.8. The summed E-state index contributed by atoms with van der Waals surface area (Å²) in [4.78, 5) is 30.9. The SMILES string of the molecule is Cc1cn([C@H]2O[C@@H](CO)C(O)C2OCCON(C)C)c(=O)[nH]c1=O. The third kappa shape index (κ3) is 4.09. The van der Waals surface area contributed by atoms with Crippen LogP contribution in [0.1, 0.15) is 11.8 Å². The first-order valence-corrected chi connectivity index (χ1v) is 7.53. The lowest BCUT2D eigenvalue weighted by atomic mass is 10.1. The summed E-state index contributed by atoms with van der Waals surface area (Å²) in [6.07, 6.45) is -2.55. The lowest BCUT2D eigenvalue weighted by Crippen LogP contribution is -2.40. The molecule has 0 aliphatic carbocycles. The number of hydrogen-bond acceptors (Lipinski definition) is 8. The zero-order chi connectivity index (χ0) is 17.9. The number of aliphatic hydroxyl groups excluding tert-OH is 2. The van der Waals surface area contributed by atoms with Gasteiger partial charge in [0.15, 0.2) is 6.23 Å². The average molecular weight is 345 g/mol. The van der Waals surface area contributed by atoms with Gasteiger partial charge in [0.1, 0.15) is 18.3 Å². The molecule has 10 heteroatoms. The van der Waals surface area contributed by atoms with Crippen molar-refractivity contribution in [2.24, 2.45) is 0 Å². The fourth-order valence-corrected chi connectivity index (χ4v) is 2.45. The van der Waals surface area contributed by atoms with Gasteiger partial charge in [0.2, 0.25) is 0 Å². The molecule has 3 N–H and O–H groups in total. The number of nitrogens with zero attached hydrogens (tertiary/aromatic N) is 2. The van der Waals surface area contributed by atoms with E-state index in [0.717, 1.165) is 4.57 Å². The molecule has 136 valence electrons. The maximum absolute atomic E-state index is 12.0. The number of aromatic amines is 1. The molecule has 2 rings (SSSR count). The van der Waals surface area contributed by atoms with Gasteiger partial charge in [-0.1, -0.05) is 0 Å². The molecule has 2 heterocycles. The van der Waals surface area contributed by atoms with Crippen molar-refractivity contribution in [2.75, 3.05) is 33.9 Å². The first-order chi connectivity index (χ1) is 11.3. The molecule has 0 radical (unpaired) electrons. The molecule has 1 saturated heterocycles. The Balaban J connectivity index is 2.20. The number of hydroxylamine groups is 2. The number of ether oxygens (including phenoxy) is 2. The average Bonchev–Trinajstić information content (AvgIpc) is 2.83. The molecule has 2 unspecified atom stereocenters. The first kappa shape index (κ1) is 18.8. The van der Waals surface area contributed by atoms with E-state index in [2.05, 4.69) is 4.98 Å². The fraction of sp³-hybridized carbons (Fsp3) is 0.714. The van der Waals surface area contributed by atoms with Crippen molar-refractivity contribution in [3.63, 3.8) is 0 Å². The summed E-state index contributed by atoms with van der Waals surface area (Å²) >= 11 is 0. The van der Waals surface area contributed by atoms with Gasteiger partial charge in [-0.15, -0.1) is 0 Å². The van der Waals surface area contributed by atoms with E-state index in [9.17, 15) is 19.8 Å². The lowest BCUT2D eigenvalue weighted by Gasteiger charge is -2.22. The van der Waals surface area contributed by atoms with Crippen LogP contribution in [0.3, 0.4) is 0 Å². The van der Waals surface area contributed by atoms with Crippen LogP contribution < -0.4 is 11.2 Å². The van der Waals surface area contributed by atoms with E-state index in [1.807, 2.05) is 0 Å². The Hall–Kier alpha value is -1.56. The minimum atomic E-state index is -1.13. The predicted octanol–water partition coefficient (Wildman–Crippen LogP) is -2.03. The van der Waals surface area contributed by atoms with Gasteiger partial charge in [-0.2, -0.15) is 5.06 Å². The summed E-state index contributed by atoms with van der Waals surface area (Å²) in [7, 11) is 3.45. The van der Waals surface area contributed by atoms with Gasteiger partial charge in [0.25, 0.3) is 5.56 Å². The fourth-order valence-electron chi connectivity index (χ4n) is 2.45. The summed E-state index contributed by atoms with van der Waals surface area (Å²) in [6, 6.07) is 0. The topological polar surface area (TPSA) is 126 Å². The van der Waals surface area contributed by atoms with E-state index in [1.165, 1.54) is 11.3 Å². The molecule has 0 spiro atoms. The third-order valence-corrected chi connectivity index (χ3v) is 3.66. The van der Waals surface area contributed by atoms with Crippen LogP contribution in [0.4, 0.5) is 0 Å². The molecule has 1 fully saturated rings. The Kier molecular flexibility index (Phi) is 6.27. The van der Waals surface area contributed by atoms with Crippen molar-refractivity contribution in [2.45, 2.75) is 31.5 Å². The molecule has 0 saturated carbocycles. The van der Waals surface area contributed by atoms with Crippen LogP contribution in [-0.4, -0.2) is 77.1 Å². The summed E-state index contributed by atoms with van der Waals surface area (Å²) in [5.74, 6) is 0. The number of rotatable bonds is 7. The standard InChI is InChI=1S/C14H23N3O7/c1-8-6-17(14(21)15-12(8)20)13-11(10(19)9(7-18)24-13)22-4-5-23-16(2)3/h6,9-11,13,18-19H,4-5,7H2,1-3H3,(H,15,20,21)/t9-,10?,11?,13-/m0/s1. The summed E-state index contributed by atoms with van der Waals surface area (Å²) < 4.78 is 12.3. The Morgan fingerprint density at radius 3 is 2.71 bits per heavy atom. The minimum absolute atomic E-state index is 0.148. The maximum atomic E-state index is 12.0. The van der Waals surface area contributed by atoms with E-state index >= 15 is 0 Å². The van der Waals surface area contributed by atoms with Crippen LogP contribution in [0, 0.1) is 6.92 Å². The Labute approximate surface area is 138 Å². The van der Waals surface area contributed by atoms with Gasteiger partial charge in [-0.25, -0.2) is 4.79 Å². The van der Waals surface area contributed by atoms with Gasteiger partial charge in [-0.05, 0) is 6.92 Å². The Morgan fingerprint density at radius 2 is 2.08 bits per heavy atom. The third-order valence-electron chi connectivity index (χ3n) is 3.66. The largest absolute Gasteiger partial charge is 0.394 e. The highest BCUT2D eigenvalue weighted by molar-refractivity contribution is 5.03. The van der Waals surface area contributed by atoms with E-state index in [0.29, 0.717) is 5.56 Å². The molecule has 0 amide bonds. The van der Waals surface area contributed by atoms with Crippen LogP contribution in [0.25, 0.3) is 0 Å². The smallest absolute Gasteiger partial charge is 0.330 e. The van der Waals surface area contributed by atoms with Crippen LogP contribution >= 0.6 is 0 Å². The first-order valence-electron chi connectivity index (χ1n) is 7.53. The molecular formula is C14H23N3O7. The van der Waals surface area contributed by atoms with Crippen LogP contribution in [0.5, 0.6) is 0 Å². The van der Waals surface area contributed by atoms with E-state index in [4.69, 9.17) is 14.3 Å². The molecule has 1 aromatic rings. The number of aryl methyl sites for hydroxylation is 1. The molecule has 0 aromatic carbocycles. The second-order valence-corrected chi connectivity index (χ2v) is 5.70. The van der Waals surface area contributed by atoms with E-state index < -0.39 is 42.4 Å². The van der Waals surface area contributed by atoms with Crippen molar-refractivity contribution in [1.82, 2.24) is 14.6 Å². The highest BCUT2D eigenvalue weighted by atomic mass is 16.7. The summed E-state index contributed by atoms with van der Waals surface area (Å²) in [5.41, 5.74) is -0.861. The Morgan fingerprint density at radius 1 is 1.38 bits per heavy atom. The van der Waals surface area contributed by atoms with Gasteiger partial charge < -0.3 is 19.7 Å². The molecule has 24 heavy (non-hydrogen) atoms. The predicted molar refractivity (Wildman–Crippen MR) is 82.4 cm³/mol. The van der Waals surface area contributed by atoms with Crippen molar-refractivity contribution >= 4 is 0 Å². The van der Waals surface area contributed by atoms with Crippen LogP contribution in [0.15, 0.2) is 15.8 Å². The molecule has 1 aliphatic heterocycles. The van der Waals surface area contributed by atoms with Crippen molar-refractivity contribution in [3.8, 4) is 0 Å². The Bertz CT molecular complexity index is 657. The summed E-state index contributed by atoms with van der Waals surface area (Å²) in [5, 5.41) is 21.1. The minimum Gasteiger partial charge on any atom is -0.394 e. The molecule has 0 bridgehead atoms. The second kappa shape index (κ2) is 8.01. The molecule has 10 nitrogen and oxygen atoms in total. The number of H-pyrrole nitrogens is 1. The summed E-state index contributed by atoms with van der Waals surface area (Å²) in [6.45, 7) is 1.51. The highest BCUT2D eigenvalue weighted by Crippen LogP contribution is 2.30. The molecule has 1 aromatic heterocycles. The highest BCUT2D eigenvalue weighted by Gasteiger charge is 2.45.